The lowest BCUT2D eigenvalue weighted by Crippen LogP contribution is -2.32. The quantitative estimate of drug-likeness (QED) is 0.837. The van der Waals surface area contributed by atoms with Crippen LogP contribution in [0.4, 0.5) is 0 Å². The van der Waals surface area contributed by atoms with E-state index in [0.29, 0.717) is 5.41 Å². The van der Waals surface area contributed by atoms with Crippen LogP contribution >= 0.6 is 0 Å². The largest absolute Gasteiger partial charge is 0.493 e. The summed E-state index contributed by atoms with van der Waals surface area (Å²) in [4.78, 5) is 4.51. The Morgan fingerprint density at radius 3 is 2.70 bits per heavy atom. The van der Waals surface area contributed by atoms with Gasteiger partial charge in [-0.3, -0.25) is 0 Å². The van der Waals surface area contributed by atoms with E-state index in [2.05, 4.69) is 43.3 Å². The van der Waals surface area contributed by atoms with Gasteiger partial charge in [0.05, 0.1) is 6.61 Å². The number of ether oxygens (including phenoxy) is 1. The molecule has 0 aromatic carbocycles. The van der Waals surface area contributed by atoms with Crippen molar-refractivity contribution < 1.29 is 4.74 Å². The first-order valence-electron chi connectivity index (χ1n) is 7.48. The normalized spacial score (nSPS) is 18.0. The summed E-state index contributed by atoms with van der Waals surface area (Å²) < 4.78 is 8.11. The highest BCUT2D eigenvalue weighted by Gasteiger charge is 2.32. The van der Waals surface area contributed by atoms with Gasteiger partial charge in [0.2, 0.25) is 0 Å². The number of hydrogen-bond donors (Lipinski definition) is 0. The monoisotopic (exact) mass is 272 g/mol. The first-order chi connectivity index (χ1) is 9.37. The van der Waals surface area contributed by atoms with E-state index in [0.717, 1.165) is 18.0 Å². The van der Waals surface area contributed by atoms with Crippen molar-refractivity contribution in [2.45, 2.75) is 52.4 Å². The van der Waals surface area contributed by atoms with E-state index in [-0.39, 0.29) is 5.41 Å². The van der Waals surface area contributed by atoms with Crippen LogP contribution < -0.4 is 4.74 Å². The van der Waals surface area contributed by atoms with Gasteiger partial charge < -0.3 is 9.14 Å². The molecule has 1 saturated carbocycles. The predicted molar refractivity (Wildman–Crippen MR) is 81.3 cm³/mol. The molecule has 0 amide bonds. The van der Waals surface area contributed by atoms with Crippen LogP contribution in [0.3, 0.4) is 0 Å². The van der Waals surface area contributed by atoms with Gasteiger partial charge in [0.25, 0.3) is 0 Å². The summed E-state index contributed by atoms with van der Waals surface area (Å²) in [6, 6.07) is 4.09. The molecule has 0 spiro atoms. The van der Waals surface area contributed by atoms with Gasteiger partial charge in [-0.15, -0.1) is 0 Å². The number of rotatable bonds is 3. The van der Waals surface area contributed by atoms with Crippen LogP contribution in [0, 0.1) is 5.41 Å². The summed E-state index contributed by atoms with van der Waals surface area (Å²) in [7, 11) is 0. The summed E-state index contributed by atoms with van der Waals surface area (Å²) in [5.74, 6) is 0.927. The minimum atomic E-state index is 0.0984. The fourth-order valence-corrected chi connectivity index (χ4v) is 2.79. The SMILES string of the molecule is CC1(COc2ccn3c(C(C)(C)C)cnc3c2)CCC1. The van der Waals surface area contributed by atoms with E-state index < -0.39 is 0 Å². The molecule has 1 aliphatic rings. The van der Waals surface area contributed by atoms with Crippen LogP contribution in [0.2, 0.25) is 0 Å². The predicted octanol–water partition coefficient (Wildman–Crippen LogP) is 4.20. The average molecular weight is 272 g/mol. The number of pyridine rings is 1. The Morgan fingerprint density at radius 2 is 2.10 bits per heavy atom. The summed E-state index contributed by atoms with van der Waals surface area (Å²) in [6.07, 6.45) is 7.95. The van der Waals surface area contributed by atoms with E-state index >= 15 is 0 Å². The Morgan fingerprint density at radius 1 is 1.35 bits per heavy atom. The topological polar surface area (TPSA) is 26.5 Å². The van der Waals surface area contributed by atoms with Crippen molar-refractivity contribution in [3.63, 3.8) is 0 Å². The molecule has 20 heavy (non-hydrogen) atoms. The zero-order valence-electron chi connectivity index (χ0n) is 12.9. The lowest BCUT2D eigenvalue weighted by Gasteiger charge is -2.37. The van der Waals surface area contributed by atoms with E-state index in [1.54, 1.807) is 0 Å². The Hall–Kier alpha value is -1.51. The fraction of sp³-hybridized carbons (Fsp3) is 0.588. The van der Waals surface area contributed by atoms with Crippen molar-refractivity contribution >= 4 is 5.65 Å². The number of nitrogens with zero attached hydrogens (tertiary/aromatic N) is 2. The second-order valence-electron chi connectivity index (χ2n) is 7.44. The smallest absolute Gasteiger partial charge is 0.140 e. The highest BCUT2D eigenvalue weighted by atomic mass is 16.5. The first kappa shape index (κ1) is 13.5. The molecule has 0 unspecified atom stereocenters. The van der Waals surface area contributed by atoms with Gasteiger partial charge in [-0.05, 0) is 18.9 Å². The molecule has 3 rings (SSSR count). The highest BCUT2D eigenvalue weighted by molar-refractivity contribution is 5.46. The fourth-order valence-electron chi connectivity index (χ4n) is 2.79. The van der Waals surface area contributed by atoms with Crippen molar-refractivity contribution in [2.24, 2.45) is 5.41 Å². The maximum Gasteiger partial charge on any atom is 0.140 e. The molecule has 0 N–H and O–H groups in total. The van der Waals surface area contributed by atoms with Gasteiger partial charge in [0, 0.05) is 35.0 Å². The van der Waals surface area contributed by atoms with Gasteiger partial charge in [-0.2, -0.15) is 0 Å². The van der Waals surface area contributed by atoms with Gasteiger partial charge in [0.1, 0.15) is 11.4 Å². The molecule has 0 radical (unpaired) electrons. The Kier molecular flexibility index (Phi) is 3.03. The Balaban J connectivity index is 1.81. The van der Waals surface area contributed by atoms with Crippen LogP contribution in [-0.2, 0) is 5.41 Å². The molecule has 1 fully saturated rings. The standard InChI is InChI=1S/C17H24N2O/c1-16(2,3)14-11-18-15-10-13(6-9-19(14)15)20-12-17(4)7-5-8-17/h6,9-11H,5,7-8,12H2,1-4H3. The third-order valence-electron chi connectivity index (χ3n) is 4.40. The van der Waals surface area contributed by atoms with Gasteiger partial charge in [-0.1, -0.05) is 34.1 Å². The molecule has 2 heterocycles. The van der Waals surface area contributed by atoms with Crippen LogP contribution in [0.15, 0.2) is 24.5 Å². The molecule has 2 aromatic rings. The van der Waals surface area contributed by atoms with Crippen molar-refractivity contribution in [3.8, 4) is 5.75 Å². The lowest BCUT2D eigenvalue weighted by molar-refractivity contribution is 0.0776. The molecular weight excluding hydrogens is 248 g/mol. The molecular formula is C17H24N2O. The molecule has 3 heteroatoms. The molecule has 0 bridgehead atoms. The second kappa shape index (κ2) is 4.51. The van der Waals surface area contributed by atoms with Crippen LogP contribution in [0.5, 0.6) is 5.75 Å². The third-order valence-corrected chi connectivity index (χ3v) is 4.40. The molecule has 0 saturated heterocycles. The molecule has 1 aliphatic carbocycles. The van der Waals surface area contributed by atoms with E-state index in [1.807, 2.05) is 18.3 Å². The maximum absolute atomic E-state index is 5.96. The zero-order chi connectivity index (χ0) is 14.4. The van der Waals surface area contributed by atoms with Crippen LogP contribution in [0.1, 0.15) is 52.7 Å². The Bertz CT molecular complexity index is 617. The van der Waals surface area contributed by atoms with Crippen molar-refractivity contribution in [1.82, 2.24) is 9.38 Å². The van der Waals surface area contributed by atoms with Gasteiger partial charge in [-0.25, -0.2) is 4.98 Å². The minimum Gasteiger partial charge on any atom is -0.493 e. The van der Waals surface area contributed by atoms with Crippen LogP contribution in [-0.4, -0.2) is 16.0 Å². The van der Waals surface area contributed by atoms with E-state index in [1.165, 1.54) is 25.0 Å². The number of fused-ring (bicyclic) bond motifs is 1. The summed E-state index contributed by atoms with van der Waals surface area (Å²) >= 11 is 0. The second-order valence-corrected chi connectivity index (χ2v) is 7.44. The third kappa shape index (κ3) is 2.41. The van der Waals surface area contributed by atoms with E-state index in [9.17, 15) is 0 Å². The first-order valence-corrected chi connectivity index (χ1v) is 7.48. The van der Waals surface area contributed by atoms with Crippen molar-refractivity contribution in [2.75, 3.05) is 6.61 Å². The molecule has 0 atom stereocenters. The van der Waals surface area contributed by atoms with Gasteiger partial charge >= 0.3 is 0 Å². The van der Waals surface area contributed by atoms with E-state index in [4.69, 9.17) is 4.74 Å². The number of hydrogen-bond acceptors (Lipinski definition) is 2. The summed E-state index contributed by atoms with van der Waals surface area (Å²) in [5.41, 5.74) is 2.68. The lowest BCUT2D eigenvalue weighted by atomic mass is 9.71. The average Bonchev–Trinajstić information content (AvgIpc) is 2.76. The summed E-state index contributed by atoms with van der Waals surface area (Å²) in [6.45, 7) is 9.74. The van der Waals surface area contributed by atoms with Crippen molar-refractivity contribution in [1.29, 1.82) is 0 Å². The van der Waals surface area contributed by atoms with Crippen molar-refractivity contribution in [3.05, 3.63) is 30.2 Å². The minimum absolute atomic E-state index is 0.0984. The number of aromatic nitrogens is 2. The van der Waals surface area contributed by atoms with Crippen LogP contribution in [0.25, 0.3) is 5.65 Å². The maximum atomic E-state index is 5.96. The zero-order valence-corrected chi connectivity index (χ0v) is 12.9. The Labute approximate surface area is 121 Å². The molecule has 3 nitrogen and oxygen atoms in total. The molecule has 2 aromatic heterocycles. The molecule has 108 valence electrons. The number of imidazole rings is 1. The summed E-state index contributed by atoms with van der Waals surface area (Å²) in [5, 5.41) is 0. The molecule has 0 aliphatic heterocycles. The van der Waals surface area contributed by atoms with Gasteiger partial charge in [0.15, 0.2) is 0 Å². The highest BCUT2D eigenvalue weighted by Crippen LogP contribution is 2.40.